The van der Waals surface area contributed by atoms with E-state index in [4.69, 9.17) is 14.6 Å². The van der Waals surface area contributed by atoms with Gasteiger partial charge in [-0.1, -0.05) is 0 Å². The molecule has 0 aromatic carbocycles. The maximum atomic E-state index is 9.89. The molecule has 0 bridgehead atoms. The van der Waals surface area contributed by atoms with Crippen molar-refractivity contribution in [3.8, 4) is 0 Å². The number of carbonyl (C=O) groups excluding carboxylic acids is 1. The van der Waals surface area contributed by atoms with Crippen LogP contribution in [0.15, 0.2) is 0 Å². The van der Waals surface area contributed by atoms with Crippen molar-refractivity contribution in [1.82, 2.24) is 0 Å². The van der Waals surface area contributed by atoms with Crippen molar-refractivity contribution in [3.05, 3.63) is 0 Å². The van der Waals surface area contributed by atoms with Crippen molar-refractivity contribution < 1.29 is 32.5 Å². The molecule has 0 radical (unpaired) electrons. The summed E-state index contributed by atoms with van der Waals surface area (Å²) in [5.41, 5.74) is 0. The van der Waals surface area contributed by atoms with E-state index in [1.54, 1.807) is 0 Å². The topological polar surface area (TPSA) is 121 Å². The van der Waals surface area contributed by atoms with E-state index in [0.29, 0.717) is 0 Å². The molecule has 0 aliphatic rings. The Morgan fingerprint density at radius 3 is 1.90 bits per heavy atom. The molecule has 0 heterocycles. The molecule has 58 valence electrons. The SMILES string of the molecule is O=C(OB(O)O)S(=O)(=O)O. The van der Waals surface area contributed by atoms with Gasteiger partial charge in [0.2, 0.25) is 0 Å². The lowest BCUT2D eigenvalue weighted by molar-refractivity contribution is 0.190. The van der Waals surface area contributed by atoms with Crippen molar-refractivity contribution in [1.29, 1.82) is 0 Å². The lowest BCUT2D eigenvalue weighted by Crippen LogP contribution is -2.25. The highest BCUT2D eigenvalue weighted by Gasteiger charge is 2.26. The zero-order valence-corrected chi connectivity index (χ0v) is 5.28. The highest BCUT2D eigenvalue weighted by atomic mass is 32.2. The van der Waals surface area contributed by atoms with Gasteiger partial charge in [-0.3, -0.25) is 4.55 Å². The summed E-state index contributed by atoms with van der Waals surface area (Å²) in [6, 6.07) is 0. The first-order chi connectivity index (χ1) is 4.34. The Kier molecular flexibility index (Phi) is 2.78. The molecule has 3 N–H and O–H groups in total. The van der Waals surface area contributed by atoms with Crippen LogP contribution in [0.4, 0.5) is 4.79 Å². The molecule has 0 aromatic rings. The molecule has 0 amide bonds. The summed E-state index contributed by atoms with van der Waals surface area (Å²) < 4.78 is 30.5. The third-order valence-electron chi connectivity index (χ3n) is 0.412. The number of hydrogen-bond donors (Lipinski definition) is 3. The minimum absolute atomic E-state index is 2.11. The second kappa shape index (κ2) is 2.97. The summed E-state index contributed by atoms with van der Waals surface area (Å²) in [4.78, 5) is 9.89. The molecule has 0 fully saturated rings. The Balaban J connectivity index is 4.14. The highest BCUT2D eigenvalue weighted by Crippen LogP contribution is 1.90. The fourth-order valence-electron chi connectivity index (χ4n) is 0.147. The van der Waals surface area contributed by atoms with Gasteiger partial charge in [0.25, 0.3) is 0 Å². The molecule has 0 aliphatic carbocycles. The minimum Gasteiger partial charge on any atom is -0.471 e. The molecule has 0 saturated heterocycles. The van der Waals surface area contributed by atoms with Gasteiger partial charge in [-0.2, -0.15) is 8.42 Å². The third kappa shape index (κ3) is 3.40. The van der Waals surface area contributed by atoms with E-state index in [-0.39, 0.29) is 0 Å². The molecule has 0 spiro atoms. The molecule has 0 rings (SSSR count). The summed E-state index contributed by atoms with van der Waals surface area (Å²) in [6.07, 6.45) is 0. The van der Waals surface area contributed by atoms with Crippen LogP contribution in [0.2, 0.25) is 0 Å². The molecule has 7 nitrogen and oxygen atoms in total. The van der Waals surface area contributed by atoms with Gasteiger partial charge in [0, 0.05) is 0 Å². The average molecular weight is 170 g/mol. The van der Waals surface area contributed by atoms with Crippen LogP contribution in [0, 0.1) is 0 Å². The Labute approximate surface area is 56.2 Å². The van der Waals surface area contributed by atoms with Crippen LogP contribution in [-0.2, 0) is 14.8 Å². The smallest absolute Gasteiger partial charge is 0.471 e. The fraction of sp³-hybridized carbons (Fsp3) is 0. The molecular formula is CH3BO7S. The molecule has 0 aromatic heterocycles. The predicted molar refractivity (Wildman–Crippen MR) is 28.2 cm³/mol. The lowest BCUT2D eigenvalue weighted by Gasteiger charge is -1.97. The first-order valence-electron chi connectivity index (χ1n) is 1.88. The monoisotopic (exact) mass is 170 g/mol. The van der Waals surface area contributed by atoms with Crippen molar-refractivity contribution in [3.63, 3.8) is 0 Å². The van der Waals surface area contributed by atoms with Gasteiger partial charge >= 0.3 is 22.7 Å². The summed E-state index contributed by atoms with van der Waals surface area (Å²) in [6.45, 7) is 0. The van der Waals surface area contributed by atoms with E-state index in [2.05, 4.69) is 4.65 Å². The normalized spacial score (nSPS) is 10.7. The molecule has 9 heteroatoms. The summed E-state index contributed by atoms with van der Waals surface area (Å²) in [5.74, 6) is 0. The van der Waals surface area contributed by atoms with Crippen LogP contribution in [0.3, 0.4) is 0 Å². The van der Waals surface area contributed by atoms with E-state index < -0.39 is 22.7 Å². The number of carbonyl (C=O) groups is 1. The summed E-state index contributed by atoms with van der Waals surface area (Å²) >= 11 is 0. The predicted octanol–water partition coefficient (Wildman–Crippen LogP) is -2.02. The van der Waals surface area contributed by atoms with Gasteiger partial charge < -0.3 is 14.7 Å². The Morgan fingerprint density at radius 2 is 1.80 bits per heavy atom. The van der Waals surface area contributed by atoms with Crippen LogP contribution >= 0.6 is 0 Å². The largest absolute Gasteiger partial charge is 0.710 e. The van der Waals surface area contributed by atoms with Gasteiger partial charge in [0.15, 0.2) is 0 Å². The maximum absolute atomic E-state index is 9.89. The standard InChI is InChI=1S/CH3BO7S/c3-1(9-2(4)5)10(6,7)8/h4-5H,(H,6,7,8). The minimum atomic E-state index is -4.98. The molecular weight excluding hydrogens is 167 g/mol. The van der Waals surface area contributed by atoms with E-state index in [9.17, 15) is 13.2 Å². The van der Waals surface area contributed by atoms with Crippen LogP contribution in [0.5, 0.6) is 0 Å². The van der Waals surface area contributed by atoms with Gasteiger partial charge in [0.05, 0.1) is 0 Å². The second-order valence-corrected chi connectivity index (χ2v) is 2.45. The zero-order valence-electron chi connectivity index (χ0n) is 4.46. The maximum Gasteiger partial charge on any atom is 0.710 e. The van der Waals surface area contributed by atoms with Crippen LogP contribution in [-0.4, -0.2) is 35.6 Å². The first kappa shape index (κ1) is 9.36. The van der Waals surface area contributed by atoms with Crippen molar-refractivity contribution in [2.75, 3.05) is 0 Å². The number of rotatable bonds is 1. The quantitative estimate of drug-likeness (QED) is 0.306. The van der Waals surface area contributed by atoms with Crippen LogP contribution in [0.25, 0.3) is 0 Å². The summed E-state index contributed by atoms with van der Waals surface area (Å²) in [7, 11) is -7.53. The van der Waals surface area contributed by atoms with Gasteiger partial charge in [-0.25, -0.2) is 4.79 Å². The van der Waals surface area contributed by atoms with Gasteiger partial charge in [0.1, 0.15) is 0 Å². The van der Waals surface area contributed by atoms with Gasteiger partial charge in [-0.15, -0.1) is 0 Å². The molecule has 0 aliphatic heterocycles. The van der Waals surface area contributed by atoms with Crippen molar-refractivity contribution >= 4 is 22.7 Å². The Hall–Kier alpha value is -0.635. The van der Waals surface area contributed by atoms with Crippen LogP contribution in [0.1, 0.15) is 0 Å². The first-order valence-corrected chi connectivity index (χ1v) is 3.32. The Morgan fingerprint density at radius 1 is 1.40 bits per heavy atom. The third-order valence-corrected chi connectivity index (χ3v) is 0.930. The molecule has 0 atom stereocenters. The van der Waals surface area contributed by atoms with E-state index in [1.807, 2.05) is 0 Å². The lowest BCUT2D eigenvalue weighted by atomic mass is 10.3. The van der Waals surface area contributed by atoms with E-state index >= 15 is 0 Å². The van der Waals surface area contributed by atoms with Crippen LogP contribution < -0.4 is 0 Å². The summed E-state index contributed by atoms with van der Waals surface area (Å²) in [5, 5.41) is 13.5. The van der Waals surface area contributed by atoms with Gasteiger partial charge in [-0.05, 0) is 0 Å². The zero-order chi connectivity index (χ0) is 8.36. The number of hydrogen-bond acceptors (Lipinski definition) is 6. The highest BCUT2D eigenvalue weighted by molar-refractivity contribution is 8.00. The van der Waals surface area contributed by atoms with E-state index in [1.165, 1.54) is 0 Å². The molecule has 10 heavy (non-hydrogen) atoms. The van der Waals surface area contributed by atoms with Crippen molar-refractivity contribution in [2.24, 2.45) is 0 Å². The molecule has 0 saturated carbocycles. The molecule has 0 unspecified atom stereocenters. The Bertz CT molecular complexity index is 214. The fourth-order valence-corrected chi connectivity index (χ4v) is 0.355. The van der Waals surface area contributed by atoms with Crippen molar-refractivity contribution in [2.45, 2.75) is 0 Å². The second-order valence-electron chi connectivity index (χ2n) is 1.17. The average Bonchev–Trinajstić information content (AvgIpc) is 1.60. The van der Waals surface area contributed by atoms with E-state index in [0.717, 1.165) is 0 Å².